The molecule has 0 unspecified atom stereocenters. The molecule has 0 aromatic heterocycles. The van der Waals surface area contributed by atoms with Gasteiger partial charge in [0.25, 0.3) is 0 Å². The molecule has 1 aromatic carbocycles. The minimum atomic E-state index is 0.189. The van der Waals surface area contributed by atoms with E-state index in [9.17, 15) is 0 Å². The third-order valence-electron chi connectivity index (χ3n) is 3.91. The summed E-state index contributed by atoms with van der Waals surface area (Å²) in [5.74, 6) is 0. The minimum Gasteiger partial charge on any atom is -0.0867 e. The van der Waals surface area contributed by atoms with Gasteiger partial charge in [-0.05, 0) is 18.1 Å². The largest absolute Gasteiger partial charge is 0.0867 e. The average Bonchev–Trinajstić information content (AvgIpc) is 2.32. The molecule has 0 radical (unpaired) electrons. The van der Waals surface area contributed by atoms with E-state index in [1.165, 1.54) is 16.7 Å². The van der Waals surface area contributed by atoms with E-state index in [2.05, 4.69) is 65.0 Å². The van der Waals surface area contributed by atoms with Crippen LogP contribution >= 0.6 is 0 Å². The monoisotopic (exact) mass is 200 g/mol. The van der Waals surface area contributed by atoms with E-state index in [0.29, 0.717) is 0 Å². The van der Waals surface area contributed by atoms with Crippen LogP contribution in [-0.4, -0.2) is 0 Å². The number of fused-ring (bicyclic) bond motifs is 1. The van der Waals surface area contributed by atoms with Gasteiger partial charge in [0.05, 0.1) is 0 Å². The molecular formula is C15H20. The van der Waals surface area contributed by atoms with Gasteiger partial charge in [0.2, 0.25) is 0 Å². The smallest absolute Gasteiger partial charge is 0.0117 e. The topological polar surface area (TPSA) is 0 Å². The summed E-state index contributed by atoms with van der Waals surface area (Å²) >= 11 is 0. The van der Waals surface area contributed by atoms with Crippen molar-refractivity contribution in [3.63, 3.8) is 0 Å². The van der Waals surface area contributed by atoms with Crippen LogP contribution in [0.3, 0.4) is 0 Å². The maximum Gasteiger partial charge on any atom is 0.0117 e. The van der Waals surface area contributed by atoms with E-state index in [4.69, 9.17) is 0 Å². The van der Waals surface area contributed by atoms with Crippen molar-refractivity contribution in [2.75, 3.05) is 0 Å². The lowest BCUT2D eigenvalue weighted by atomic mass is 9.75. The molecule has 0 heterocycles. The van der Waals surface area contributed by atoms with Crippen LogP contribution in [0.2, 0.25) is 0 Å². The zero-order valence-corrected chi connectivity index (χ0v) is 10.4. The van der Waals surface area contributed by atoms with Crippen molar-refractivity contribution in [3.05, 3.63) is 47.0 Å². The zero-order chi connectivity index (χ0) is 11.3. The maximum atomic E-state index is 2.33. The standard InChI is InChI=1S/C15H20/c1-6-13-14(2,3)11-9-7-8-10-12(11)15(13,4)5/h6-10H,1-5H3. The molecule has 0 amide bonds. The molecule has 0 nitrogen and oxygen atoms in total. The molecule has 0 heteroatoms. The summed E-state index contributed by atoms with van der Waals surface area (Å²) in [5, 5.41) is 0. The highest BCUT2D eigenvalue weighted by atomic mass is 14.5. The Bertz CT molecular complexity index is 382. The number of benzene rings is 1. The fourth-order valence-corrected chi connectivity index (χ4v) is 3.37. The first kappa shape index (κ1) is 10.5. The molecule has 15 heavy (non-hydrogen) atoms. The van der Waals surface area contributed by atoms with Crippen molar-refractivity contribution in [2.45, 2.75) is 45.4 Å². The first-order valence-corrected chi connectivity index (χ1v) is 5.69. The van der Waals surface area contributed by atoms with Gasteiger partial charge in [0, 0.05) is 10.8 Å². The second-order valence-corrected chi connectivity index (χ2v) is 5.50. The molecule has 2 rings (SSSR count). The summed E-state index contributed by atoms with van der Waals surface area (Å²) in [6, 6.07) is 8.84. The van der Waals surface area contributed by atoms with Gasteiger partial charge < -0.3 is 0 Å². The van der Waals surface area contributed by atoms with Crippen LogP contribution in [-0.2, 0) is 10.8 Å². The number of hydrogen-bond acceptors (Lipinski definition) is 0. The van der Waals surface area contributed by atoms with Gasteiger partial charge in [-0.25, -0.2) is 0 Å². The first-order chi connectivity index (χ1) is 6.92. The molecule has 0 saturated carbocycles. The van der Waals surface area contributed by atoms with Crippen LogP contribution in [0.15, 0.2) is 35.9 Å². The van der Waals surface area contributed by atoms with E-state index < -0.39 is 0 Å². The number of hydrogen-bond donors (Lipinski definition) is 0. The molecule has 0 bridgehead atoms. The van der Waals surface area contributed by atoms with Crippen molar-refractivity contribution in [1.29, 1.82) is 0 Å². The molecule has 0 fully saturated rings. The molecule has 1 aliphatic rings. The second kappa shape index (κ2) is 2.98. The Labute approximate surface area is 93.0 Å². The van der Waals surface area contributed by atoms with Crippen LogP contribution in [0.25, 0.3) is 0 Å². The summed E-state index contributed by atoms with van der Waals surface area (Å²) in [4.78, 5) is 0. The van der Waals surface area contributed by atoms with Gasteiger partial charge in [-0.15, -0.1) is 0 Å². The Morgan fingerprint density at radius 3 is 1.60 bits per heavy atom. The summed E-state index contributed by atoms with van der Waals surface area (Å²) in [6.07, 6.45) is 2.29. The van der Waals surface area contributed by atoms with Crippen molar-refractivity contribution >= 4 is 0 Å². The maximum absolute atomic E-state index is 2.33. The van der Waals surface area contributed by atoms with Gasteiger partial charge in [0.1, 0.15) is 0 Å². The summed E-state index contributed by atoms with van der Waals surface area (Å²) in [7, 11) is 0. The van der Waals surface area contributed by atoms with Gasteiger partial charge in [-0.2, -0.15) is 0 Å². The SMILES string of the molecule is CC=C1C(C)(C)c2ccccc2C1(C)C. The summed E-state index contributed by atoms with van der Waals surface area (Å²) < 4.78 is 0. The van der Waals surface area contributed by atoms with Crippen LogP contribution in [0.5, 0.6) is 0 Å². The predicted octanol–water partition coefficient (Wildman–Crippen LogP) is 4.20. The lowest BCUT2D eigenvalue weighted by Gasteiger charge is -2.28. The van der Waals surface area contributed by atoms with E-state index in [1.807, 2.05) is 0 Å². The Kier molecular flexibility index (Phi) is 2.08. The van der Waals surface area contributed by atoms with Crippen LogP contribution in [0.4, 0.5) is 0 Å². The molecule has 0 N–H and O–H groups in total. The third-order valence-corrected chi connectivity index (χ3v) is 3.91. The second-order valence-electron chi connectivity index (χ2n) is 5.50. The van der Waals surface area contributed by atoms with Crippen LogP contribution < -0.4 is 0 Å². The van der Waals surface area contributed by atoms with E-state index in [0.717, 1.165) is 0 Å². The fraction of sp³-hybridized carbons (Fsp3) is 0.467. The Morgan fingerprint density at radius 2 is 1.27 bits per heavy atom. The van der Waals surface area contributed by atoms with Gasteiger partial charge in [-0.3, -0.25) is 0 Å². The molecule has 1 aliphatic carbocycles. The van der Waals surface area contributed by atoms with Crippen molar-refractivity contribution in [3.8, 4) is 0 Å². The predicted molar refractivity (Wildman–Crippen MR) is 66.3 cm³/mol. The normalized spacial score (nSPS) is 21.3. The summed E-state index contributed by atoms with van der Waals surface area (Å²) in [5.41, 5.74) is 4.89. The van der Waals surface area contributed by atoms with Crippen LogP contribution in [0.1, 0.15) is 45.7 Å². The van der Waals surface area contributed by atoms with E-state index in [-0.39, 0.29) is 10.8 Å². The Hall–Kier alpha value is -1.04. The molecule has 1 aromatic rings. The lowest BCUT2D eigenvalue weighted by Crippen LogP contribution is -2.23. The van der Waals surface area contributed by atoms with Crippen molar-refractivity contribution < 1.29 is 0 Å². The number of allylic oxidation sites excluding steroid dienone is 2. The van der Waals surface area contributed by atoms with Crippen molar-refractivity contribution in [2.24, 2.45) is 0 Å². The minimum absolute atomic E-state index is 0.189. The highest BCUT2D eigenvalue weighted by Crippen LogP contribution is 2.52. The third kappa shape index (κ3) is 1.20. The Morgan fingerprint density at radius 1 is 0.867 bits per heavy atom. The molecule has 0 saturated heterocycles. The number of rotatable bonds is 0. The zero-order valence-electron chi connectivity index (χ0n) is 10.4. The Balaban J connectivity index is 2.77. The molecule has 0 atom stereocenters. The molecule has 0 aliphatic heterocycles. The quantitative estimate of drug-likeness (QED) is 0.550. The highest BCUT2D eigenvalue weighted by molar-refractivity contribution is 5.56. The molecule has 80 valence electrons. The van der Waals surface area contributed by atoms with Crippen molar-refractivity contribution in [1.82, 2.24) is 0 Å². The highest BCUT2D eigenvalue weighted by Gasteiger charge is 2.45. The first-order valence-electron chi connectivity index (χ1n) is 5.69. The lowest BCUT2D eigenvalue weighted by molar-refractivity contribution is 0.548. The van der Waals surface area contributed by atoms with Crippen LogP contribution in [0, 0.1) is 0 Å². The van der Waals surface area contributed by atoms with Gasteiger partial charge in [-0.1, -0.05) is 63.6 Å². The average molecular weight is 200 g/mol. The van der Waals surface area contributed by atoms with Gasteiger partial charge >= 0.3 is 0 Å². The molecular weight excluding hydrogens is 180 g/mol. The molecule has 0 spiro atoms. The van der Waals surface area contributed by atoms with Gasteiger partial charge in [0.15, 0.2) is 0 Å². The van der Waals surface area contributed by atoms with E-state index in [1.54, 1.807) is 0 Å². The van der Waals surface area contributed by atoms with E-state index >= 15 is 0 Å². The summed E-state index contributed by atoms with van der Waals surface area (Å²) in [6.45, 7) is 11.5. The fourth-order valence-electron chi connectivity index (χ4n) is 3.37.